The van der Waals surface area contributed by atoms with E-state index < -0.39 is 17.7 Å². The molecule has 1 aromatic heterocycles. The smallest absolute Gasteiger partial charge is 0.130 e. The van der Waals surface area contributed by atoms with Crippen LogP contribution in [0.2, 0.25) is 0 Å². The molecule has 0 aliphatic carbocycles. The quantitative estimate of drug-likeness (QED) is 0.886. The Hall–Kier alpha value is -1.75. The number of rotatable bonds is 3. The second-order valence-corrected chi connectivity index (χ2v) is 3.96. The topological polar surface area (TPSA) is 43.8 Å². The van der Waals surface area contributed by atoms with Crippen LogP contribution in [0, 0.1) is 11.6 Å². The van der Waals surface area contributed by atoms with Crippen LogP contribution in [0.15, 0.2) is 30.5 Å². The molecular formula is C12H13F2N3. The minimum absolute atomic E-state index is 0.303. The average Bonchev–Trinajstić information content (AvgIpc) is 2.63. The minimum atomic E-state index is -0.617. The van der Waals surface area contributed by atoms with Crippen molar-refractivity contribution in [3.63, 3.8) is 0 Å². The fraction of sp³-hybridized carbons (Fsp3) is 0.250. The Bertz CT molecular complexity index is 522. The maximum Gasteiger partial charge on any atom is 0.130 e. The van der Waals surface area contributed by atoms with Crippen LogP contribution >= 0.6 is 0 Å². The number of halogens is 2. The summed E-state index contributed by atoms with van der Waals surface area (Å²) in [5, 5.41) is 4.16. The van der Waals surface area contributed by atoms with Gasteiger partial charge >= 0.3 is 0 Å². The highest BCUT2D eigenvalue weighted by Gasteiger charge is 2.13. The van der Waals surface area contributed by atoms with Gasteiger partial charge in [0, 0.05) is 37.3 Å². The van der Waals surface area contributed by atoms with Gasteiger partial charge in [0.25, 0.3) is 0 Å². The summed E-state index contributed by atoms with van der Waals surface area (Å²) in [5.41, 5.74) is 6.96. The average molecular weight is 237 g/mol. The monoisotopic (exact) mass is 237 g/mol. The van der Waals surface area contributed by atoms with Crippen molar-refractivity contribution in [1.82, 2.24) is 9.78 Å². The molecule has 0 saturated carbocycles. The Morgan fingerprint density at radius 3 is 2.71 bits per heavy atom. The van der Waals surface area contributed by atoms with E-state index in [9.17, 15) is 8.78 Å². The Kier molecular flexibility index (Phi) is 3.19. The van der Waals surface area contributed by atoms with E-state index in [-0.39, 0.29) is 0 Å². The Morgan fingerprint density at radius 2 is 2.12 bits per heavy atom. The number of benzene rings is 1. The molecule has 0 aliphatic rings. The fourth-order valence-electron chi connectivity index (χ4n) is 1.71. The van der Waals surface area contributed by atoms with Gasteiger partial charge < -0.3 is 5.73 Å². The molecule has 0 fully saturated rings. The molecule has 0 amide bonds. The van der Waals surface area contributed by atoms with E-state index in [1.165, 1.54) is 12.1 Å². The van der Waals surface area contributed by atoms with Crippen molar-refractivity contribution in [2.45, 2.75) is 12.5 Å². The predicted octanol–water partition coefficient (Wildman–Crippen LogP) is 1.94. The molecule has 0 aliphatic heterocycles. The van der Waals surface area contributed by atoms with Crippen LogP contribution in [0.4, 0.5) is 8.78 Å². The van der Waals surface area contributed by atoms with Crippen LogP contribution < -0.4 is 5.73 Å². The summed E-state index contributed by atoms with van der Waals surface area (Å²) in [6.07, 6.45) is 2.21. The molecule has 1 atom stereocenters. The van der Waals surface area contributed by atoms with Crippen molar-refractivity contribution in [1.29, 1.82) is 0 Å². The van der Waals surface area contributed by atoms with E-state index >= 15 is 0 Å². The largest absolute Gasteiger partial charge is 0.324 e. The molecular weight excluding hydrogens is 224 g/mol. The molecule has 90 valence electrons. The van der Waals surface area contributed by atoms with Crippen molar-refractivity contribution in [2.75, 3.05) is 0 Å². The number of nitrogens with two attached hydrogens (primary N) is 1. The summed E-state index contributed by atoms with van der Waals surface area (Å²) in [5.74, 6) is -1.22. The number of hydrogen-bond acceptors (Lipinski definition) is 2. The zero-order valence-corrected chi connectivity index (χ0v) is 9.40. The highest BCUT2D eigenvalue weighted by molar-refractivity contribution is 5.23. The SMILES string of the molecule is Cn1ccc(CC(N)c2ccc(F)cc2F)n1. The van der Waals surface area contributed by atoms with Gasteiger partial charge in [-0.05, 0) is 12.1 Å². The molecule has 0 spiro atoms. The van der Waals surface area contributed by atoms with Crippen molar-refractivity contribution in [3.8, 4) is 0 Å². The molecule has 0 saturated heterocycles. The molecule has 5 heteroatoms. The van der Waals surface area contributed by atoms with Crippen LogP contribution in [-0.4, -0.2) is 9.78 Å². The van der Waals surface area contributed by atoms with Gasteiger partial charge in [-0.15, -0.1) is 0 Å². The normalized spacial score (nSPS) is 12.7. The zero-order chi connectivity index (χ0) is 12.4. The first-order chi connectivity index (χ1) is 8.06. The van der Waals surface area contributed by atoms with Crippen molar-refractivity contribution in [2.24, 2.45) is 12.8 Å². The van der Waals surface area contributed by atoms with E-state index in [0.717, 1.165) is 11.8 Å². The molecule has 3 nitrogen and oxygen atoms in total. The lowest BCUT2D eigenvalue weighted by Gasteiger charge is -2.11. The molecule has 17 heavy (non-hydrogen) atoms. The van der Waals surface area contributed by atoms with E-state index in [0.29, 0.717) is 12.0 Å². The molecule has 0 radical (unpaired) electrons. The zero-order valence-electron chi connectivity index (χ0n) is 9.40. The van der Waals surface area contributed by atoms with Gasteiger partial charge in [-0.2, -0.15) is 5.10 Å². The summed E-state index contributed by atoms with van der Waals surface area (Å²) < 4.78 is 27.9. The molecule has 1 heterocycles. The summed E-state index contributed by atoms with van der Waals surface area (Å²) in [7, 11) is 1.80. The van der Waals surface area contributed by atoms with Gasteiger partial charge in [0.2, 0.25) is 0 Å². The predicted molar refractivity (Wildman–Crippen MR) is 60.2 cm³/mol. The van der Waals surface area contributed by atoms with Gasteiger partial charge in [0.1, 0.15) is 11.6 Å². The van der Waals surface area contributed by atoms with E-state index in [4.69, 9.17) is 5.73 Å². The van der Waals surface area contributed by atoms with E-state index in [2.05, 4.69) is 5.10 Å². The summed E-state index contributed by atoms with van der Waals surface area (Å²) in [4.78, 5) is 0. The lowest BCUT2D eigenvalue weighted by Crippen LogP contribution is -2.15. The second-order valence-electron chi connectivity index (χ2n) is 3.96. The minimum Gasteiger partial charge on any atom is -0.324 e. The maximum absolute atomic E-state index is 13.5. The van der Waals surface area contributed by atoms with Crippen molar-refractivity contribution in [3.05, 3.63) is 53.4 Å². The summed E-state index contributed by atoms with van der Waals surface area (Å²) in [6, 6.07) is 4.72. The third kappa shape index (κ3) is 2.68. The third-order valence-electron chi connectivity index (χ3n) is 2.56. The Balaban J connectivity index is 2.17. The molecule has 2 N–H and O–H groups in total. The van der Waals surface area contributed by atoms with Gasteiger partial charge in [-0.25, -0.2) is 8.78 Å². The lowest BCUT2D eigenvalue weighted by atomic mass is 10.0. The fourth-order valence-corrected chi connectivity index (χ4v) is 1.71. The molecule has 1 aromatic carbocycles. The molecule has 2 aromatic rings. The first-order valence-electron chi connectivity index (χ1n) is 5.25. The van der Waals surface area contributed by atoms with Crippen LogP contribution in [-0.2, 0) is 13.5 Å². The third-order valence-corrected chi connectivity index (χ3v) is 2.56. The van der Waals surface area contributed by atoms with Crippen molar-refractivity contribution < 1.29 is 8.78 Å². The molecule has 2 rings (SSSR count). The van der Waals surface area contributed by atoms with Crippen LogP contribution in [0.25, 0.3) is 0 Å². The first kappa shape index (κ1) is 11.7. The van der Waals surface area contributed by atoms with Gasteiger partial charge in [-0.3, -0.25) is 4.68 Å². The summed E-state index contributed by atoms with van der Waals surface area (Å²) in [6.45, 7) is 0. The number of aryl methyl sites for hydroxylation is 1. The Morgan fingerprint density at radius 1 is 1.35 bits per heavy atom. The van der Waals surface area contributed by atoms with Gasteiger partial charge in [-0.1, -0.05) is 6.07 Å². The summed E-state index contributed by atoms with van der Waals surface area (Å²) >= 11 is 0. The number of hydrogen-bond donors (Lipinski definition) is 1. The maximum atomic E-state index is 13.5. The Labute approximate surface area is 97.9 Å². The number of nitrogens with zero attached hydrogens (tertiary/aromatic N) is 2. The van der Waals surface area contributed by atoms with Crippen molar-refractivity contribution >= 4 is 0 Å². The van der Waals surface area contributed by atoms with Gasteiger partial charge in [0.05, 0.1) is 5.69 Å². The standard InChI is InChI=1S/C12H13F2N3/c1-17-5-4-9(16-17)7-12(15)10-3-2-8(13)6-11(10)14/h2-6,12H,7,15H2,1H3. The second kappa shape index (κ2) is 4.63. The highest BCUT2D eigenvalue weighted by atomic mass is 19.1. The van der Waals surface area contributed by atoms with E-state index in [1.54, 1.807) is 17.9 Å². The molecule has 0 bridgehead atoms. The first-order valence-corrected chi connectivity index (χ1v) is 5.25. The van der Waals surface area contributed by atoms with Crippen LogP contribution in [0.3, 0.4) is 0 Å². The van der Waals surface area contributed by atoms with Crippen LogP contribution in [0.1, 0.15) is 17.3 Å². The highest BCUT2D eigenvalue weighted by Crippen LogP contribution is 2.19. The number of aromatic nitrogens is 2. The van der Waals surface area contributed by atoms with Gasteiger partial charge in [0.15, 0.2) is 0 Å². The van der Waals surface area contributed by atoms with Crippen LogP contribution in [0.5, 0.6) is 0 Å². The lowest BCUT2D eigenvalue weighted by molar-refractivity contribution is 0.551. The van der Waals surface area contributed by atoms with E-state index in [1.807, 2.05) is 6.07 Å². The molecule has 1 unspecified atom stereocenters.